The standard InChI is InChI=1S/C27H26Cl2N6O4/c1-15(36)30-14-24(32-16(2)37)35-26-22(33-25(27(35)38)18-5-7-19(39-3)8-6-18)10-11-23(34-26)31-13-17-4-9-20(28)21(29)12-17/h4-12,24H,13-14H2,1-3H3,(H,30,36)(H,31,34)(H,32,37). The van der Waals surface area contributed by atoms with Gasteiger partial charge in [-0.05, 0) is 54.1 Å². The maximum absolute atomic E-state index is 13.9. The maximum atomic E-state index is 13.9. The molecular formula is C27H26Cl2N6O4. The molecule has 0 aliphatic heterocycles. The maximum Gasteiger partial charge on any atom is 0.280 e. The lowest BCUT2D eigenvalue weighted by Crippen LogP contribution is -2.44. The highest BCUT2D eigenvalue weighted by atomic mass is 35.5. The molecule has 202 valence electrons. The molecule has 0 fully saturated rings. The fraction of sp³-hybridized carbons (Fsp3) is 0.222. The number of benzene rings is 2. The van der Waals surface area contributed by atoms with Gasteiger partial charge < -0.3 is 20.7 Å². The molecule has 39 heavy (non-hydrogen) atoms. The summed E-state index contributed by atoms with van der Waals surface area (Å²) in [5.74, 6) is 0.383. The Morgan fingerprint density at radius 3 is 2.36 bits per heavy atom. The Bertz CT molecular complexity index is 1590. The molecule has 0 spiro atoms. The number of pyridine rings is 1. The van der Waals surface area contributed by atoms with Crippen LogP contribution in [0.15, 0.2) is 59.4 Å². The van der Waals surface area contributed by atoms with Crippen molar-refractivity contribution in [3.8, 4) is 17.0 Å². The molecule has 2 heterocycles. The lowest BCUT2D eigenvalue weighted by molar-refractivity contribution is -0.122. The van der Waals surface area contributed by atoms with E-state index in [2.05, 4.69) is 25.9 Å². The molecule has 3 N–H and O–H groups in total. The molecule has 10 nitrogen and oxygen atoms in total. The molecule has 0 radical (unpaired) electrons. The van der Waals surface area contributed by atoms with E-state index in [0.717, 1.165) is 5.56 Å². The van der Waals surface area contributed by atoms with Crippen LogP contribution in [0.25, 0.3) is 22.4 Å². The Hall–Kier alpha value is -4.15. The minimum Gasteiger partial charge on any atom is -0.497 e. The molecular weight excluding hydrogens is 543 g/mol. The normalized spacial score (nSPS) is 11.6. The van der Waals surface area contributed by atoms with Crippen molar-refractivity contribution in [1.82, 2.24) is 25.2 Å². The zero-order chi connectivity index (χ0) is 28.1. The third-order valence-electron chi connectivity index (χ3n) is 5.78. The monoisotopic (exact) mass is 568 g/mol. The number of carbonyl (C=O) groups excluding carboxylic acids is 2. The van der Waals surface area contributed by atoms with Crippen molar-refractivity contribution in [3.63, 3.8) is 0 Å². The lowest BCUT2D eigenvalue weighted by atomic mass is 10.1. The van der Waals surface area contributed by atoms with Crippen LogP contribution in [0.5, 0.6) is 5.75 Å². The van der Waals surface area contributed by atoms with Gasteiger partial charge in [0, 0.05) is 26.0 Å². The fourth-order valence-electron chi connectivity index (χ4n) is 3.93. The van der Waals surface area contributed by atoms with Crippen molar-refractivity contribution in [2.45, 2.75) is 26.6 Å². The first-order valence-corrected chi connectivity index (χ1v) is 12.7. The molecule has 0 aliphatic carbocycles. The molecule has 0 saturated heterocycles. The molecule has 2 amide bonds. The molecule has 4 rings (SSSR count). The highest BCUT2D eigenvalue weighted by Crippen LogP contribution is 2.24. The van der Waals surface area contributed by atoms with Crippen molar-refractivity contribution in [3.05, 3.63) is 80.6 Å². The first-order valence-electron chi connectivity index (χ1n) is 11.9. The zero-order valence-corrected chi connectivity index (χ0v) is 22.9. The minimum absolute atomic E-state index is 0.0431. The SMILES string of the molecule is COc1ccc(-c2nc3ccc(NCc4ccc(Cl)c(Cl)c4)nc3n(C(CNC(C)=O)NC(C)=O)c2=O)cc1. The summed E-state index contributed by atoms with van der Waals surface area (Å²) in [6, 6.07) is 15.6. The number of fused-ring (bicyclic) bond motifs is 1. The second-order valence-electron chi connectivity index (χ2n) is 8.66. The number of rotatable bonds is 9. The van der Waals surface area contributed by atoms with Gasteiger partial charge in [0.1, 0.15) is 28.9 Å². The predicted octanol–water partition coefficient (Wildman–Crippen LogP) is 4.16. The van der Waals surface area contributed by atoms with Gasteiger partial charge in [0.05, 0.1) is 23.7 Å². The Labute approximate surface area is 234 Å². The number of halogens is 2. The predicted molar refractivity (Wildman–Crippen MR) is 151 cm³/mol. The number of ether oxygens (including phenoxy) is 1. The van der Waals surface area contributed by atoms with Crippen LogP contribution < -0.4 is 26.2 Å². The number of hydrogen-bond donors (Lipinski definition) is 3. The number of amides is 2. The summed E-state index contributed by atoms with van der Waals surface area (Å²) in [6.07, 6.45) is -0.931. The van der Waals surface area contributed by atoms with Gasteiger partial charge in [0.15, 0.2) is 5.65 Å². The quantitative estimate of drug-likeness (QED) is 0.276. The Kier molecular flexibility index (Phi) is 8.68. The summed E-state index contributed by atoms with van der Waals surface area (Å²) < 4.78 is 6.56. The van der Waals surface area contributed by atoms with E-state index in [9.17, 15) is 14.4 Å². The van der Waals surface area contributed by atoms with Gasteiger partial charge in [0.25, 0.3) is 5.56 Å². The molecule has 0 aliphatic rings. The molecule has 0 bridgehead atoms. The second-order valence-corrected chi connectivity index (χ2v) is 9.47. The Morgan fingerprint density at radius 1 is 0.974 bits per heavy atom. The van der Waals surface area contributed by atoms with E-state index in [0.29, 0.717) is 39.2 Å². The summed E-state index contributed by atoms with van der Waals surface area (Å²) in [4.78, 5) is 46.9. The number of anilines is 1. The topological polar surface area (TPSA) is 127 Å². The van der Waals surface area contributed by atoms with Gasteiger partial charge in [-0.15, -0.1) is 0 Å². The summed E-state index contributed by atoms with van der Waals surface area (Å²) in [5, 5.41) is 9.51. The zero-order valence-electron chi connectivity index (χ0n) is 21.4. The molecule has 1 unspecified atom stereocenters. The van der Waals surface area contributed by atoms with Gasteiger partial charge >= 0.3 is 0 Å². The molecule has 12 heteroatoms. The Morgan fingerprint density at radius 2 is 1.72 bits per heavy atom. The van der Waals surface area contributed by atoms with Crippen molar-refractivity contribution in [2.24, 2.45) is 0 Å². The van der Waals surface area contributed by atoms with E-state index in [4.69, 9.17) is 27.9 Å². The smallest absolute Gasteiger partial charge is 0.280 e. The van der Waals surface area contributed by atoms with E-state index in [1.54, 1.807) is 55.6 Å². The first kappa shape index (κ1) is 27.9. The highest BCUT2D eigenvalue weighted by molar-refractivity contribution is 6.42. The second kappa shape index (κ2) is 12.1. The van der Waals surface area contributed by atoms with Gasteiger partial charge in [-0.3, -0.25) is 19.0 Å². The number of nitrogens with one attached hydrogen (secondary N) is 3. The van der Waals surface area contributed by atoms with Gasteiger partial charge in [-0.2, -0.15) is 0 Å². The number of hydrogen-bond acceptors (Lipinski definition) is 7. The van der Waals surface area contributed by atoms with Gasteiger partial charge in [-0.25, -0.2) is 9.97 Å². The van der Waals surface area contributed by atoms with Crippen LogP contribution >= 0.6 is 23.2 Å². The van der Waals surface area contributed by atoms with Gasteiger partial charge in [-0.1, -0.05) is 29.3 Å². The van der Waals surface area contributed by atoms with Crippen molar-refractivity contribution >= 4 is 52.0 Å². The number of aromatic nitrogens is 3. The highest BCUT2D eigenvalue weighted by Gasteiger charge is 2.22. The van der Waals surface area contributed by atoms with Crippen molar-refractivity contribution < 1.29 is 14.3 Å². The van der Waals surface area contributed by atoms with Crippen LogP contribution in [0.3, 0.4) is 0 Å². The van der Waals surface area contributed by atoms with E-state index < -0.39 is 11.7 Å². The molecule has 4 aromatic rings. The molecule has 2 aromatic carbocycles. The third kappa shape index (κ3) is 6.65. The van der Waals surface area contributed by atoms with Crippen LogP contribution in [0.4, 0.5) is 5.82 Å². The average Bonchev–Trinajstić information content (AvgIpc) is 2.91. The van der Waals surface area contributed by atoms with E-state index in [1.165, 1.54) is 18.4 Å². The van der Waals surface area contributed by atoms with Crippen LogP contribution in [-0.4, -0.2) is 40.0 Å². The number of carbonyl (C=O) groups is 2. The van der Waals surface area contributed by atoms with Crippen molar-refractivity contribution in [2.75, 3.05) is 19.0 Å². The van der Waals surface area contributed by atoms with Gasteiger partial charge in [0.2, 0.25) is 11.8 Å². The molecule has 1 atom stereocenters. The van der Waals surface area contributed by atoms with Crippen molar-refractivity contribution in [1.29, 1.82) is 0 Å². The van der Waals surface area contributed by atoms with Crippen LogP contribution in [0, 0.1) is 0 Å². The molecule has 2 aromatic heterocycles. The van der Waals surface area contributed by atoms with E-state index >= 15 is 0 Å². The summed E-state index contributed by atoms with van der Waals surface area (Å²) in [5.41, 5.74) is 1.73. The largest absolute Gasteiger partial charge is 0.497 e. The first-order chi connectivity index (χ1) is 18.7. The van der Waals surface area contributed by atoms with Crippen LogP contribution in [0.1, 0.15) is 25.6 Å². The number of methoxy groups -OCH3 is 1. The third-order valence-corrected chi connectivity index (χ3v) is 6.52. The number of nitrogens with zero attached hydrogens (tertiary/aromatic N) is 3. The fourth-order valence-corrected chi connectivity index (χ4v) is 4.25. The summed E-state index contributed by atoms with van der Waals surface area (Å²) >= 11 is 12.1. The van der Waals surface area contributed by atoms with Crippen LogP contribution in [0.2, 0.25) is 10.0 Å². The van der Waals surface area contributed by atoms with E-state index in [-0.39, 0.29) is 29.7 Å². The Balaban J connectivity index is 1.83. The lowest BCUT2D eigenvalue weighted by Gasteiger charge is -2.23. The molecule has 0 saturated carbocycles. The van der Waals surface area contributed by atoms with E-state index in [1.807, 2.05) is 6.07 Å². The van der Waals surface area contributed by atoms with Crippen LogP contribution in [-0.2, 0) is 16.1 Å². The minimum atomic E-state index is -0.931. The summed E-state index contributed by atoms with van der Waals surface area (Å²) in [6.45, 7) is 3.03. The summed E-state index contributed by atoms with van der Waals surface area (Å²) in [7, 11) is 1.55. The average molecular weight is 569 g/mol.